The third-order valence-electron chi connectivity index (χ3n) is 3.02. The van der Waals surface area contributed by atoms with Crippen LogP contribution in [0.2, 0.25) is 0 Å². The van der Waals surface area contributed by atoms with Crippen molar-refractivity contribution in [2.45, 2.75) is 33.9 Å². The molecule has 0 saturated heterocycles. The van der Waals surface area contributed by atoms with Gasteiger partial charge in [0.1, 0.15) is 0 Å². The summed E-state index contributed by atoms with van der Waals surface area (Å²) in [5, 5.41) is 1.35. The van der Waals surface area contributed by atoms with E-state index in [0.717, 1.165) is 13.2 Å². The number of nitrogens with zero attached hydrogens (tertiary/aromatic N) is 1. The average Bonchev–Trinajstić information content (AvgIpc) is 2.65. The Morgan fingerprint density at radius 1 is 1.25 bits per heavy atom. The fourth-order valence-corrected chi connectivity index (χ4v) is 2.19. The summed E-state index contributed by atoms with van der Waals surface area (Å²) in [4.78, 5) is 0. The number of aryl methyl sites for hydroxylation is 2. The second-order valence-corrected chi connectivity index (χ2v) is 4.02. The van der Waals surface area contributed by atoms with Gasteiger partial charge in [-0.3, -0.25) is 0 Å². The SMILES string of the molecule is CCOCc1cc2c(C)cccc2n1CC. The fourth-order valence-electron chi connectivity index (χ4n) is 2.19. The molecule has 86 valence electrons. The molecule has 0 aliphatic rings. The molecule has 0 fully saturated rings. The molecule has 1 heterocycles. The van der Waals surface area contributed by atoms with Crippen LogP contribution >= 0.6 is 0 Å². The van der Waals surface area contributed by atoms with Crippen molar-refractivity contribution in [3.05, 3.63) is 35.5 Å². The van der Waals surface area contributed by atoms with Crippen molar-refractivity contribution < 1.29 is 4.74 Å². The zero-order chi connectivity index (χ0) is 11.5. The number of ether oxygens (including phenoxy) is 1. The van der Waals surface area contributed by atoms with Crippen molar-refractivity contribution in [1.82, 2.24) is 4.57 Å². The van der Waals surface area contributed by atoms with Crippen LogP contribution in [0.1, 0.15) is 25.1 Å². The number of hydrogen-bond acceptors (Lipinski definition) is 1. The van der Waals surface area contributed by atoms with Crippen molar-refractivity contribution in [3.8, 4) is 0 Å². The lowest BCUT2D eigenvalue weighted by Gasteiger charge is -2.07. The highest BCUT2D eigenvalue weighted by atomic mass is 16.5. The molecule has 2 rings (SSSR count). The van der Waals surface area contributed by atoms with Crippen molar-refractivity contribution in [2.24, 2.45) is 0 Å². The Hall–Kier alpha value is -1.28. The van der Waals surface area contributed by atoms with Gasteiger partial charge in [0.05, 0.1) is 6.61 Å². The van der Waals surface area contributed by atoms with Crippen LogP contribution < -0.4 is 0 Å². The quantitative estimate of drug-likeness (QED) is 0.764. The van der Waals surface area contributed by atoms with Gasteiger partial charge < -0.3 is 9.30 Å². The molecular formula is C14H19NO. The number of fused-ring (bicyclic) bond motifs is 1. The van der Waals surface area contributed by atoms with Crippen LogP contribution in [0.4, 0.5) is 0 Å². The lowest BCUT2D eigenvalue weighted by molar-refractivity contribution is 0.129. The Morgan fingerprint density at radius 3 is 2.75 bits per heavy atom. The monoisotopic (exact) mass is 217 g/mol. The molecule has 0 saturated carbocycles. The summed E-state index contributed by atoms with van der Waals surface area (Å²) in [7, 11) is 0. The fraction of sp³-hybridized carbons (Fsp3) is 0.429. The van der Waals surface area contributed by atoms with Gasteiger partial charge >= 0.3 is 0 Å². The van der Waals surface area contributed by atoms with E-state index in [1.807, 2.05) is 6.92 Å². The first kappa shape index (κ1) is 11.2. The van der Waals surface area contributed by atoms with Crippen LogP contribution in [0.25, 0.3) is 10.9 Å². The number of rotatable bonds is 4. The van der Waals surface area contributed by atoms with Gasteiger partial charge in [0.2, 0.25) is 0 Å². The standard InChI is InChI=1S/C14H19NO/c1-4-15-12(10-16-5-2)9-13-11(3)7-6-8-14(13)15/h6-9H,4-5,10H2,1-3H3. The van der Waals surface area contributed by atoms with Gasteiger partial charge in [-0.2, -0.15) is 0 Å². The van der Waals surface area contributed by atoms with E-state index in [1.54, 1.807) is 0 Å². The Bertz CT molecular complexity index is 485. The van der Waals surface area contributed by atoms with Gasteiger partial charge in [-0.1, -0.05) is 12.1 Å². The molecule has 0 unspecified atom stereocenters. The summed E-state index contributed by atoms with van der Waals surface area (Å²) in [5.74, 6) is 0. The highest BCUT2D eigenvalue weighted by Gasteiger charge is 2.08. The van der Waals surface area contributed by atoms with Crippen LogP contribution in [-0.4, -0.2) is 11.2 Å². The highest BCUT2D eigenvalue weighted by molar-refractivity contribution is 5.84. The van der Waals surface area contributed by atoms with Crippen molar-refractivity contribution >= 4 is 10.9 Å². The normalized spacial score (nSPS) is 11.2. The van der Waals surface area contributed by atoms with Crippen molar-refractivity contribution in [2.75, 3.05) is 6.61 Å². The Kier molecular flexibility index (Phi) is 3.30. The molecule has 0 atom stereocenters. The molecule has 2 heteroatoms. The summed E-state index contributed by atoms with van der Waals surface area (Å²) in [5.41, 5.74) is 3.92. The third-order valence-corrected chi connectivity index (χ3v) is 3.02. The Morgan fingerprint density at radius 2 is 2.06 bits per heavy atom. The average molecular weight is 217 g/mol. The van der Waals surface area contributed by atoms with E-state index in [0.29, 0.717) is 6.61 Å². The summed E-state index contributed by atoms with van der Waals surface area (Å²) >= 11 is 0. The topological polar surface area (TPSA) is 14.2 Å². The Labute approximate surface area is 96.8 Å². The third kappa shape index (κ3) is 1.85. The number of hydrogen-bond donors (Lipinski definition) is 0. The first-order chi connectivity index (χ1) is 7.77. The minimum Gasteiger partial charge on any atom is -0.376 e. The molecule has 0 bridgehead atoms. The van der Waals surface area contributed by atoms with Gasteiger partial charge in [-0.15, -0.1) is 0 Å². The maximum atomic E-state index is 5.51. The zero-order valence-electron chi connectivity index (χ0n) is 10.3. The molecule has 1 aromatic heterocycles. The maximum Gasteiger partial charge on any atom is 0.0867 e. The van der Waals surface area contributed by atoms with E-state index in [-0.39, 0.29) is 0 Å². The molecule has 0 spiro atoms. The summed E-state index contributed by atoms with van der Waals surface area (Å²) < 4.78 is 7.84. The minimum atomic E-state index is 0.707. The van der Waals surface area contributed by atoms with Crippen LogP contribution in [-0.2, 0) is 17.9 Å². The molecular weight excluding hydrogens is 198 g/mol. The van der Waals surface area contributed by atoms with Crippen LogP contribution in [0.3, 0.4) is 0 Å². The molecule has 0 aliphatic heterocycles. The Balaban J connectivity index is 2.52. The molecule has 0 N–H and O–H groups in total. The van der Waals surface area contributed by atoms with Gasteiger partial charge in [0, 0.05) is 29.7 Å². The summed E-state index contributed by atoms with van der Waals surface area (Å²) in [6.07, 6.45) is 0. The first-order valence-corrected chi connectivity index (χ1v) is 5.93. The lowest BCUT2D eigenvalue weighted by atomic mass is 10.1. The maximum absolute atomic E-state index is 5.51. The largest absolute Gasteiger partial charge is 0.376 e. The van der Waals surface area contributed by atoms with Gasteiger partial charge in [-0.25, -0.2) is 0 Å². The van der Waals surface area contributed by atoms with Gasteiger partial charge in [0.15, 0.2) is 0 Å². The van der Waals surface area contributed by atoms with Gasteiger partial charge in [-0.05, 0) is 38.5 Å². The summed E-state index contributed by atoms with van der Waals surface area (Å²) in [6, 6.07) is 8.71. The highest BCUT2D eigenvalue weighted by Crippen LogP contribution is 2.23. The number of benzene rings is 1. The summed E-state index contributed by atoms with van der Waals surface area (Å²) in [6.45, 7) is 8.84. The zero-order valence-corrected chi connectivity index (χ0v) is 10.3. The predicted molar refractivity (Wildman–Crippen MR) is 67.7 cm³/mol. The molecule has 0 aliphatic carbocycles. The first-order valence-electron chi connectivity index (χ1n) is 5.93. The van der Waals surface area contributed by atoms with E-state index < -0.39 is 0 Å². The number of aromatic nitrogens is 1. The van der Waals surface area contributed by atoms with Crippen molar-refractivity contribution in [1.29, 1.82) is 0 Å². The van der Waals surface area contributed by atoms with Crippen LogP contribution in [0.5, 0.6) is 0 Å². The van der Waals surface area contributed by atoms with Gasteiger partial charge in [0.25, 0.3) is 0 Å². The van der Waals surface area contributed by atoms with E-state index in [4.69, 9.17) is 4.74 Å². The van der Waals surface area contributed by atoms with E-state index in [1.165, 1.54) is 22.2 Å². The second-order valence-electron chi connectivity index (χ2n) is 4.02. The molecule has 0 amide bonds. The van der Waals surface area contributed by atoms with E-state index >= 15 is 0 Å². The predicted octanol–water partition coefficient (Wildman–Crippen LogP) is 3.51. The van der Waals surface area contributed by atoms with Crippen LogP contribution in [0.15, 0.2) is 24.3 Å². The molecule has 0 radical (unpaired) electrons. The molecule has 2 aromatic rings. The minimum absolute atomic E-state index is 0.707. The van der Waals surface area contributed by atoms with Crippen molar-refractivity contribution in [3.63, 3.8) is 0 Å². The molecule has 2 nitrogen and oxygen atoms in total. The van der Waals surface area contributed by atoms with E-state index in [9.17, 15) is 0 Å². The smallest absolute Gasteiger partial charge is 0.0867 e. The second kappa shape index (κ2) is 4.71. The lowest BCUT2D eigenvalue weighted by Crippen LogP contribution is -2.02. The molecule has 1 aromatic carbocycles. The van der Waals surface area contributed by atoms with Crippen LogP contribution in [0, 0.1) is 6.92 Å². The van der Waals surface area contributed by atoms with E-state index in [2.05, 4.69) is 42.7 Å². The molecule has 16 heavy (non-hydrogen) atoms.